The molecule has 136 valence electrons. The van der Waals surface area contributed by atoms with Gasteiger partial charge in [-0.05, 0) is 68.5 Å². The number of nitrogens with one attached hydrogen (secondary N) is 3. The second kappa shape index (κ2) is 8.04. The summed E-state index contributed by atoms with van der Waals surface area (Å²) in [6, 6.07) is 15.1. The Morgan fingerprint density at radius 1 is 1.04 bits per heavy atom. The van der Waals surface area contributed by atoms with E-state index in [-0.39, 0.29) is 24.0 Å². The largest absolute Gasteiger partial charge is 0.350 e. The fraction of sp³-hybridized carbons (Fsp3) is 0.333. The zero-order valence-corrected chi connectivity index (χ0v) is 15.2. The van der Waals surface area contributed by atoms with Crippen molar-refractivity contribution in [3.63, 3.8) is 0 Å². The van der Waals surface area contributed by atoms with Crippen LogP contribution in [0.15, 0.2) is 48.5 Å². The van der Waals surface area contributed by atoms with Crippen LogP contribution in [0, 0.1) is 0 Å². The molecule has 0 fully saturated rings. The van der Waals surface area contributed by atoms with Gasteiger partial charge in [-0.25, -0.2) is 4.79 Å². The fourth-order valence-corrected chi connectivity index (χ4v) is 3.28. The van der Waals surface area contributed by atoms with Gasteiger partial charge in [0.25, 0.3) is 5.91 Å². The van der Waals surface area contributed by atoms with Gasteiger partial charge in [0.1, 0.15) is 0 Å². The van der Waals surface area contributed by atoms with Gasteiger partial charge in [0.15, 0.2) is 0 Å². The average Bonchev–Trinajstić information content (AvgIpc) is 2.62. The topological polar surface area (TPSA) is 70.2 Å². The van der Waals surface area contributed by atoms with Crippen molar-refractivity contribution >= 4 is 17.6 Å². The van der Waals surface area contributed by atoms with E-state index in [2.05, 4.69) is 28.1 Å². The lowest BCUT2D eigenvalue weighted by Crippen LogP contribution is -2.34. The molecule has 0 radical (unpaired) electrons. The zero-order chi connectivity index (χ0) is 18.5. The highest BCUT2D eigenvalue weighted by Crippen LogP contribution is 2.29. The lowest BCUT2D eigenvalue weighted by molar-refractivity contribution is 0.0943. The molecule has 5 heteroatoms. The normalized spacial score (nSPS) is 15.9. The number of benzene rings is 2. The number of hydrogen-bond acceptors (Lipinski definition) is 2. The second-order valence-electron chi connectivity index (χ2n) is 6.95. The SMILES string of the molecule is CC(C)NC(=O)c1ccc(NC(=O)NC2CCCc3ccccc32)cc1. The van der Waals surface area contributed by atoms with Gasteiger partial charge in [0.2, 0.25) is 0 Å². The highest BCUT2D eigenvalue weighted by Gasteiger charge is 2.21. The van der Waals surface area contributed by atoms with Gasteiger partial charge in [-0.3, -0.25) is 4.79 Å². The van der Waals surface area contributed by atoms with E-state index in [1.165, 1.54) is 11.1 Å². The van der Waals surface area contributed by atoms with Gasteiger partial charge in [0, 0.05) is 17.3 Å². The maximum Gasteiger partial charge on any atom is 0.319 e. The van der Waals surface area contributed by atoms with Crippen LogP contribution in [-0.4, -0.2) is 18.0 Å². The van der Waals surface area contributed by atoms with Gasteiger partial charge < -0.3 is 16.0 Å². The van der Waals surface area contributed by atoms with Gasteiger partial charge in [-0.1, -0.05) is 24.3 Å². The average molecular weight is 351 g/mol. The third-order valence-electron chi connectivity index (χ3n) is 4.50. The fourth-order valence-electron chi connectivity index (χ4n) is 3.28. The highest BCUT2D eigenvalue weighted by atomic mass is 16.2. The summed E-state index contributed by atoms with van der Waals surface area (Å²) in [5.41, 5.74) is 3.75. The van der Waals surface area contributed by atoms with Gasteiger partial charge in [0.05, 0.1) is 6.04 Å². The number of aryl methyl sites for hydroxylation is 1. The summed E-state index contributed by atoms with van der Waals surface area (Å²) in [6.45, 7) is 3.84. The van der Waals surface area contributed by atoms with E-state index in [1.54, 1.807) is 24.3 Å². The van der Waals surface area contributed by atoms with E-state index in [4.69, 9.17) is 0 Å². The first-order chi connectivity index (χ1) is 12.5. The molecule has 1 aliphatic carbocycles. The minimum atomic E-state index is -0.230. The molecule has 1 unspecified atom stereocenters. The smallest absolute Gasteiger partial charge is 0.319 e. The molecule has 1 atom stereocenters. The summed E-state index contributed by atoms with van der Waals surface area (Å²) in [4.78, 5) is 24.3. The standard InChI is InChI=1S/C21H25N3O2/c1-14(2)22-20(25)16-10-12-17(13-11-16)23-21(26)24-19-9-5-7-15-6-3-4-8-18(15)19/h3-4,6,8,10-14,19H,5,7,9H2,1-2H3,(H,22,25)(H2,23,24,26). The van der Waals surface area contributed by atoms with E-state index in [0.717, 1.165) is 19.3 Å². The van der Waals surface area contributed by atoms with E-state index in [0.29, 0.717) is 11.3 Å². The number of fused-ring (bicyclic) bond motifs is 1. The van der Waals surface area contributed by atoms with Crippen LogP contribution in [0.2, 0.25) is 0 Å². The van der Waals surface area contributed by atoms with Crippen molar-refractivity contribution < 1.29 is 9.59 Å². The second-order valence-corrected chi connectivity index (χ2v) is 6.95. The van der Waals surface area contributed by atoms with Crippen LogP contribution in [0.25, 0.3) is 0 Å². The molecule has 0 aliphatic heterocycles. The maximum absolute atomic E-state index is 12.4. The summed E-state index contributed by atoms with van der Waals surface area (Å²) >= 11 is 0. The molecule has 0 saturated heterocycles. The van der Waals surface area contributed by atoms with Gasteiger partial charge in [-0.15, -0.1) is 0 Å². The van der Waals surface area contributed by atoms with Crippen LogP contribution in [0.4, 0.5) is 10.5 Å². The summed E-state index contributed by atoms with van der Waals surface area (Å²) < 4.78 is 0. The molecule has 1 aliphatic rings. The number of hydrogen-bond donors (Lipinski definition) is 3. The van der Waals surface area contributed by atoms with E-state index < -0.39 is 0 Å². The predicted octanol–water partition coefficient (Wildman–Crippen LogP) is 4.02. The number of amides is 3. The molecule has 3 N–H and O–H groups in total. The molecule has 0 aromatic heterocycles. The van der Waals surface area contributed by atoms with Crippen LogP contribution in [-0.2, 0) is 6.42 Å². The van der Waals surface area contributed by atoms with Crippen molar-refractivity contribution in [2.24, 2.45) is 0 Å². The summed E-state index contributed by atoms with van der Waals surface area (Å²) in [6.07, 6.45) is 3.08. The molecular weight excluding hydrogens is 326 g/mol. The first-order valence-electron chi connectivity index (χ1n) is 9.09. The van der Waals surface area contributed by atoms with Gasteiger partial charge in [-0.2, -0.15) is 0 Å². The molecular formula is C21H25N3O2. The summed E-state index contributed by atoms with van der Waals surface area (Å²) in [7, 11) is 0. The van der Waals surface area contributed by atoms with Crippen LogP contribution in [0.3, 0.4) is 0 Å². The van der Waals surface area contributed by atoms with Crippen molar-refractivity contribution in [3.8, 4) is 0 Å². The molecule has 2 aromatic carbocycles. The molecule has 3 amide bonds. The van der Waals surface area contributed by atoms with Gasteiger partial charge >= 0.3 is 6.03 Å². The Bertz CT molecular complexity index is 784. The Hall–Kier alpha value is -2.82. The van der Waals surface area contributed by atoms with E-state index in [9.17, 15) is 9.59 Å². The lowest BCUT2D eigenvalue weighted by atomic mass is 9.88. The minimum absolute atomic E-state index is 0.0380. The quantitative estimate of drug-likeness (QED) is 0.778. The van der Waals surface area contributed by atoms with Crippen molar-refractivity contribution in [1.29, 1.82) is 0 Å². The number of carbonyl (C=O) groups is 2. The molecule has 3 rings (SSSR count). The van der Waals surface area contributed by atoms with Crippen molar-refractivity contribution in [3.05, 3.63) is 65.2 Å². The van der Waals surface area contributed by atoms with Crippen LogP contribution in [0.5, 0.6) is 0 Å². The summed E-state index contributed by atoms with van der Waals surface area (Å²) in [5, 5.41) is 8.75. The first-order valence-corrected chi connectivity index (χ1v) is 9.09. The molecule has 2 aromatic rings. The third-order valence-corrected chi connectivity index (χ3v) is 4.50. The van der Waals surface area contributed by atoms with Crippen molar-refractivity contribution in [1.82, 2.24) is 10.6 Å². The number of carbonyl (C=O) groups excluding carboxylic acids is 2. The molecule has 0 spiro atoms. The molecule has 26 heavy (non-hydrogen) atoms. The number of anilines is 1. The highest BCUT2D eigenvalue weighted by molar-refractivity contribution is 5.95. The molecule has 5 nitrogen and oxygen atoms in total. The Morgan fingerprint density at radius 3 is 2.50 bits per heavy atom. The molecule has 0 saturated carbocycles. The third kappa shape index (κ3) is 4.42. The molecule has 0 heterocycles. The van der Waals surface area contributed by atoms with Crippen molar-refractivity contribution in [2.75, 3.05) is 5.32 Å². The van der Waals surface area contributed by atoms with E-state index >= 15 is 0 Å². The van der Waals surface area contributed by atoms with E-state index in [1.807, 2.05) is 26.0 Å². The van der Waals surface area contributed by atoms with Crippen LogP contribution >= 0.6 is 0 Å². The Labute approximate surface area is 154 Å². The Balaban J connectivity index is 1.60. The number of urea groups is 1. The lowest BCUT2D eigenvalue weighted by Gasteiger charge is -2.26. The zero-order valence-electron chi connectivity index (χ0n) is 15.2. The predicted molar refractivity (Wildman–Crippen MR) is 103 cm³/mol. The summed E-state index contributed by atoms with van der Waals surface area (Å²) in [5.74, 6) is -0.116. The maximum atomic E-state index is 12.4. The minimum Gasteiger partial charge on any atom is -0.350 e. The number of rotatable bonds is 4. The van der Waals surface area contributed by atoms with Crippen LogP contribution in [0.1, 0.15) is 54.2 Å². The Morgan fingerprint density at radius 2 is 1.77 bits per heavy atom. The Kier molecular flexibility index (Phi) is 5.56. The first kappa shape index (κ1) is 18.0. The van der Waals surface area contributed by atoms with Crippen LogP contribution < -0.4 is 16.0 Å². The van der Waals surface area contributed by atoms with Crippen molar-refractivity contribution in [2.45, 2.75) is 45.2 Å². The molecule has 0 bridgehead atoms. The monoisotopic (exact) mass is 351 g/mol.